The molecule has 0 saturated heterocycles. The van der Waals surface area contributed by atoms with E-state index in [1.165, 1.54) is 23.6 Å². The van der Waals surface area contributed by atoms with Gasteiger partial charge in [0.05, 0.1) is 0 Å². The van der Waals surface area contributed by atoms with Gasteiger partial charge in [-0.25, -0.2) is 4.57 Å². The van der Waals surface area contributed by atoms with E-state index in [0.29, 0.717) is 0 Å². The highest BCUT2D eigenvalue weighted by Gasteiger charge is 2.00. The molecule has 0 saturated carbocycles. The first kappa shape index (κ1) is 9.20. The molecule has 0 aliphatic carbocycles. The molecule has 0 aliphatic rings. The second-order valence-electron chi connectivity index (χ2n) is 3.67. The van der Waals surface area contributed by atoms with Gasteiger partial charge in [0.15, 0.2) is 12.4 Å². The number of hydrogen-bond donors (Lipinski definition) is 0. The lowest BCUT2D eigenvalue weighted by Crippen LogP contribution is -2.32. The predicted octanol–water partition coefficient (Wildman–Crippen LogP) is 2.93. The quantitative estimate of drug-likeness (QED) is 0.649. The van der Waals surface area contributed by atoms with Crippen molar-refractivity contribution in [2.24, 2.45) is 0 Å². The Balaban J connectivity index is 2.32. The van der Waals surface area contributed by atoms with Crippen LogP contribution < -0.4 is 4.57 Å². The molecular weight excluding hydrogens is 170 g/mol. The van der Waals surface area contributed by atoms with Crippen LogP contribution >= 0.6 is 0 Å². The second kappa shape index (κ2) is 4.23. The number of aryl methyl sites for hydroxylation is 1. The smallest absolute Gasteiger partial charge is 0.176 e. The molecule has 2 rings (SSSR count). The number of hydrogen-bond acceptors (Lipinski definition) is 0. The molecule has 0 unspecified atom stereocenters. The van der Waals surface area contributed by atoms with Crippen LogP contribution in [-0.2, 0) is 6.54 Å². The molecule has 0 bridgehead atoms. The van der Waals surface area contributed by atoms with E-state index in [4.69, 9.17) is 0 Å². The lowest BCUT2D eigenvalue weighted by Gasteiger charge is -1.97. The average molecular weight is 186 g/mol. The fourth-order valence-corrected chi connectivity index (χ4v) is 1.66. The van der Waals surface area contributed by atoms with Crippen LogP contribution in [0.4, 0.5) is 0 Å². The average Bonchev–Trinajstić information content (AvgIpc) is 2.26. The summed E-state index contributed by atoms with van der Waals surface area (Å²) in [6, 6.07) is 10.7. The topological polar surface area (TPSA) is 3.88 Å². The Morgan fingerprint density at radius 3 is 2.64 bits per heavy atom. The Morgan fingerprint density at radius 2 is 1.86 bits per heavy atom. The van der Waals surface area contributed by atoms with Gasteiger partial charge < -0.3 is 0 Å². The van der Waals surface area contributed by atoms with Gasteiger partial charge in [0, 0.05) is 17.9 Å². The molecule has 1 aromatic carbocycles. The summed E-state index contributed by atoms with van der Waals surface area (Å²) in [5, 5.41) is 2.64. The van der Waals surface area contributed by atoms with Gasteiger partial charge in [-0.2, -0.15) is 0 Å². The van der Waals surface area contributed by atoms with Gasteiger partial charge in [-0.15, -0.1) is 0 Å². The number of aromatic nitrogens is 1. The van der Waals surface area contributed by atoms with E-state index in [0.717, 1.165) is 6.54 Å². The monoisotopic (exact) mass is 186 g/mol. The fraction of sp³-hybridized carbons (Fsp3) is 0.308. The largest absolute Gasteiger partial charge is 0.205 e. The fourth-order valence-electron chi connectivity index (χ4n) is 1.66. The van der Waals surface area contributed by atoms with Crippen LogP contribution in [0, 0.1) is 0 Å². The van der Waals surface area contributed by atoms with E-state index in [1.54, 1.807) is 0 Å². The summed E-state index contributed by atoms with van der Waals surface area (Å²) in [7, 11) is 0. The SMILES string of the molecule is CCCC[n+]1ccc2ccccc2c1. The lowest BCUT2D eigenvalue weighted by atomic mass is 10.2. The lowest BCUT2D eigenvalue weighted by molar-refractivity contribution is -0.696. The van der Waals surface area contributed by atoms with Crippen molar-refractivity contribution in [3.8, 4) is 0 Å². The first-order valence-corrected chi connectivity index (χ1v) is 5.28. The van der Waals surface area contributed by atoms with E-state index in [-0.39, 0.29) is 0 Å². The molecule has 0 N–H and O–H groups in total. The molecule has 0 amide bonds. The second-order valence-corrected chi connectivity index (χ2v) is 3.67. The number of fused-ring (bicyclic) bond motifs is 1. The molecule has 0 fully saturated rings. The van der Waals surface area contributed by atoms with E-state index in [2.05, 4.69) is 54.2 Å². The molecule has 72 valence electrons. The van der Waals surface area contributed by atoms with Crippen LogP contribution in [0.1, 0.15) is 19.8 Å². The van der Waals surface area contributed by atoms with Crippen molar-refractivity contribution in [2.75, 3.05) is 0 Å². The summed E-state index contributed by atoms with van der Waals surface area (Å²) in [5.74, 6) is 0. The summed E-state index contributed by atoms with van der Waals surface area (Å²) >= 11 is 0. The number of rotatable bonds is 3. The van der Waals surface area contributed by atoms with Crippen LogP contribution in [0.3, 0.4) is 0 Å². The maximum Gasteiger partial charge on any atom is 0.176 e. The van der Waals surface area contributed by atoms with Gasteiger partial charge in [0.25, 0.3) is 0 Å². The Kier molecular flexibility index (Phi) is 2.78. The van der Waals surface area contributed by atoms with Gasteiger partial charge in [0.1, 0.15) is 6.54 Å². The minimum atomic E-state index is 1.13. The summed E-state index contributed by atoms with van der Waals surface area (Å²) in [4.78, 5) is 0. The normalized spacial score (nSPS) is 10.6. The minimum Gasteiger partial charge on any atom is -0.205 e. The maximum absolute atomic E-state index is 2.27. The number of pyridine rings is 1. The zero-order valence-corrected chi connectivity index (χ0v) is 8.61. The Labute approximate surface area is 85.0 Å². The summed E-state index contributed by atoms with van der Waals surface area (Å²) in [6.45, 7) is 3.35. The number of benzene rings is 1. The van der Waals surface area contributed by atoms with Crippen molar-refractivity contribution in [1.82, 2.24) is 0 Å². The number of unbranched alkanes of at least 4 members (excludes halogenated alkanes) is 1. The predicted molar refractivity (Wildman–Crippen MR) is 59.1 cm³/mol. The van der Waals surface area contributed by atoms with E-state index in [1.807, 2.05) is 0 Å². The summed E-state index contributed by atoms with van der Waals surface area (Å²) < 4.78 is 2.27. The van der Waals surface area contributed by atoms with Crippen LogP contribution in [-0.4, -0.2) is 0 Å². The summed E-state index contributed by atoms with van der Waals surface area (Å²) in [6.07, 6.45) is 6.89. The molecule has 0 aliphatic heterocycles. The van der Waals surface area contributed by atoms with Crippen LogP contribution in [0.5, 0.6) is 0 Å². The zero-order chi connectivity index (χ0) is 9.80. The third-order valence-corrected chi connectivity index (χ3v) is 2.52. The molecule has 0 radical (unpaired) electrons. The highest BCUT2D eigenvalue weighted by Crippen LogP contribution is 2.09. The Hall–Kier alpha value is -1.37. The molecule has 14 heavy (non-hydrogen) atoms. The third kappa shape index (κ3) is 1.92. The van der Waals surface area contributed by atoms with E-state index < -0.39 is 0 Å². The molecule has 1 aromatic heterocycles. The molecule has 0 spiro atoms. The van der Waals surface area contributed by atoms with Crippen LogP contribution in [0.2, 0.25) is 0 Å². The maximum atomic E-state index is 2.27. The molecule has 1 heterocycles. The van der Waals surface area contributed by atoms with Crippen molar-refractivity contribution in [3.63, 3.8) is 0 Å². The standard InChI is InChI=1S/C13H16N/c1-2-3-9-14-10-8-12-6-4-5-7-13(12)11-14/h4-8,10-11H,2-3,9H2,1H3/q+1. The third-order valence-electron chi connectivity index (χ3n) is 2.52. The van der Waals surface area contributed by atoms with Gasteiger partial charge in [-0.05, 0) is 11.5 Å². The first-order chi connectivity index (χ1) is 6.90. The molecule has 1 heteroatoms. The molecule has 0 atom stereocenters. The van der Waals surface area contributed by atoms with Crippen molar-refractivity contribution in [2.45, 2.75) is 26.3 Å². The van der Waals surface area contributed by atoms with Gasteiger partial charge in [-0.3, -0.25) is 0 Å². The van der Waals surface area contributed by atoms with Gasteiger partial charge in [-0.1, -0.05) is 31.5 Å². The highest BCUT2D eigenvalue weighted by atomic mass is 14.9. The summed E-state index contributed by atoms with van der Waals surface area (Å²) in [5.41, 5.74) is 0. The molecule has 1 nitrogen and oxygen atoms in total. The van der Waals surface area contributed by atoms with Gasteiger partial charge >= 0.3 is 0 Å². The van der Waals surface area contributed by atoms with Gasteiger partial charge in [0.2, 0.25) is 0 Å². The Bertz CT molecular complexity index is 420. The first-order valence-electron chi connectivity index (χ1n) is 5.28. The van der Waals surface area contributed by atoms with Crippen molar-refractivity contribution in [3.05, 3.63) is 42.7 Å². The van der Waals surface area contributed by atoms with Crippen LogP contribution in [0.25, 0.3) is 10.8 Å². The Morgan fingerprint density at radius 1 is 1.07 bits per heavy atom. The van der Waals surface area contributed by atoms with Crippen molar-refractivity contribution >= 4 is 10.8 Å². The zero-order valence-electron chi connectivity index (χ0n) is 8.61. The van der Waals surface area contributed by atoms with Crippen molar-refractivity contribution in [1.29, 1.82) is 0 Å². The number of nitrogens with zero attached hydrogens (tertiary/aromatic N) is 1. The van der Waals surface area contributed by atoms with Crippen molar-refractivity contribution < 1.29 is 4.57 Å². The van der Waals surface area contributed by atoms with E-state index >= 15 is 0 Å². The minimum absolute atomic E-state index is 1.13. The van der Waals surface area contributed by atoms with E-state index in [9.17, 15) is 0 Å². The van der Waals surface area contributed by atoms with Crippen LogP contribution in [0.15, 0.2) is 42.7 Å². The highest BCUT2D eigenvalue weighted by molar-refractivity contribution is 5.80. The molecule has 2 aromatic rings. The molecular formula is C13H16N+.